The summed E-state index contributed by atoms with van der Waals surface area (Å²) >= 11 is 0. The zero-order valence-corrected chi connectivity index (χ0v) is 13.1. The summed E-state index contributed by atoms with van der Waals surface area (Å²) in [7, 11) is 1.51. The first kappa shape index (κ1) is 16.7. The first-order valence-corrected chi connectivity index (χ1v) is 7.37. The number of carbonyl (C=O) groups is 1. The second-order valence-electron chi connectivity index (χ2n) is 5.15. The van der Waals surface area contributed by atoms with E-state index in [-0.39, 0.29) is 25.3 Å². The van der Waals surface area contributed by atoms with Crippen LogP contribution in [0.5, 0.6) is 5.75 Å². The molecule has 0 spiro atoms. The molecule has 1 amide bonds. The van der Waals surface area contributed by atoms with Gasteiger partial charge in [-0.05, 0) is 31.0 Å². The van der Waals surface area contributed by atoms with Gasteiger partial charge >= 0.3 is 0 Å². The lowest BCUT2D eigenvalue weighted by Gasteiger charge is -2.30. The third kappa shape index (κ3) is 3.56. The number of hydrogen-bond donors (Lipinski definition) is 1. The molecule has 1 heterocycles. The Kier molecular flexibility index (Phi) is 5.74. The quantitative estimate of drug-likeness (QED) is 0.456. The highest BCUT2D eigenvalue weighted by Gasteiger charge is 2.31. The summed E-state index contributed by atoms with van der Waals surface area (Å²) < 4.78 is 30.0. The van der Waals surface area contributed by atoms with Gasteiger partial charge in [-0.2, -0.15) is 0 Å². The van der Waals surface area contributed by atoms with E-state index in [1.165, 1.54) is 14.0 Å². The summed E-state index contributed by atoms with van der Waals surface area (Å²) in [5.74, 6) is 0.483. The number of rotatable bonds is 8. The van der Waals surface area contributed by atoms with Crippen molar-refractivity contribution < 1.29 is 23.4 Å². The molecule has 1 saturated heterocycles. The highest BCUT2D eigenvalue weighted by atomic mass is 19.1. The van der Waals surface area contributed by atoms with Crippen molar-refractivity contribution >= 4 is 5.91 Å². The van der Waals surface area contributed by atoms with Gasteiger partial charge in [0, 0.05) is 12.2 Å². The highest BCUT2D eigenvalue weighted by molar-refractivity contribution is 5.83. The van der Waals surface area contributed by atoms with E-state index in [9.17, 15) is 9.18 Å². The molecule has 0 radical (unpaired) electrons. The third-order valence-electron chi connectivity index (χ3n) is 3.69. The number of hydrogen-bond acceptors (Lipinski definition) is 4. The van der Waals surface area contributed by atoms with E-state index in [4.69, 9.17) is 14.2 Å². The Morgan fingerprint density at radius 2 is 2.14 bits per heavy atom. The number of alkyl halides is 1. The first-order valence-electron chi connectivity index (χ1n) is 7.37. The van der Waals surface area contributed by atoms with Gasteiger partial charge in [0.2, 0.25) is 5.91 Å². The third-order valence-corrected chi connectivity index (χ3v) is 3.69. The number of carbonyl (C=O) groups excluding carboxylic acids is 1. The van der Waals surface area contributed by atoms with E-state index < -0.39 is 6.17 Å². The number of ether oxygens (including phenoxy) is 3. The van der Waals surface area contributed by atoms with Crippen molar-refractivity contribution in [2.24, 2.45) is 0 Å². The number of amides is 1. The molecule has 0 aliphatic carbocycles. The summed E-state index contributed by atoms with van der Waals surface area (Å²) in [4.78, 5) is 11.2. The Balaban J connectivity index is 2.31. The lowest BCUT2D eigenvalue weighted by molar-refractivity contribution is -0.128. The highest BCUT2D eigenvalue weighted by Crippen LogP contribution is 2.38. The molecule has 5 nitrogen and oxygen atoms in total. The fourth-order valence-corrected chi connectivity index (χ4v) is 2.59. The second kappa shape index (κ2) is 7.56. The number of halogens is 1. The van der Waals surface area contributed by atoms with Crippen LogP contribution in [-0.4, -0.2) is 26.4 Å². The maximum atomic E-state index is 14.1. The molecular formula is C16H22FNO4. The second-order valence-corrected chi connectivity index (χ2v) is 5.15. The van der Waals surface area contributed by atoms with Gasteiger partial charge in [0.25, 0.3) is 0 Å². The lowest BCUT2D eigenvalue weighted by Crippen LogP contribution is -2.42. The molecule has 2 atom stereocenters. The van der Waals surface area contributed by atoms with Gasteiger partial charge in [-0.15, -0.1) is 0 Å². The Morgan fingerprint density at radius 3 is 2.68 bits per heavy atom. The molecular weight excluding hydrogens is 289 g/mol. The van der Waals surface area contributed by atoms with Crippen LogP contribution >= 0.6 is 0 Å². The molecule has 1 N–H and O–H groups in total. The zero-order valence-electron chi connectivity index (χ0n) is 13.1. The average Bonchev–Trinajstić information content (AvgIpc) is 2.47. The lowest BCUT2D eigenvalue weighted by atomic mass is 9.89. The largest absolute Gasteiger partial charge is 0.496 e. The van der Waals surface area contributed by atoms with Crippen LogP contribution in [-0.2, 0) is 20.9 Å². The van der Waals surface area contributed by atoms with Crippen LogP contribution in [0.4, 0.5) is 4.39 Å². The summed E-state index contributed by atoms with van der Waals surface area (Å²) in [5, 5.41) is 2.82. The van der Waals surface area contributed by atoms with E-state index in [1.54, 1.807) is 6.07 Å². The van der Waals surface area contributed by atoms with Crippen LogP contribution in [0, 0.1) is 0 Å². The maximum absolute atomic E-state index is 14.1. The molecule has 0 aromatic heterocycles. The predicted molar refractivity (Wildman–Crippen MR) is 79.3 cm³/mol. The van der Waals surface area contributed by atoms with Crippen molar-refractivity contribution in [1.82, 2.24) is 5.32 Å². The van der Waals surface area contributed by atoms with Crippen LogP contribution < -0.4 is 10.1 Å². The summed E-state index contributed by atoms with van der Waals surface area (Å²) in [6.07, 6.45) is -0.790. The Hall–Kier alpha value is -1.66. The fraction of sp³-hybridized carbons (Fsp3) is 0.562. The van der Waals surface area contributed by atoms with E-state index >= 15 is 0 Å². The smallest absolute Gasteiger partial charge is 0.222 e. The van der Waals surface area contributed by atoms with Crippen molar-refractivity contribution in [1.29, 1.82) is 0 Å². The number of methoxy groups -OCH3 is 1. The summed E-state index contributed by atoms with van der Waals surface area (Å²) in [6.45, 7) is 4.25. The van der Waals surface area contributed by atoms with Gasteiger partial charge < -0.3 is 19.5 Å². The minimum atomic E-state index is -1.20. The minimum absolute atomic E-state index is 0.00292. The monoisotopic (exact) mass is 311 g/mol. The molecule has 22 heavy (non-hydrogen) atoms. The van der Waals surface area contributed by atoms with Crippen LogP contribution in [0.2, 0.25) is 0 Å². The molecule has 1 aliphatic heterocycles. The van der Waals surface area contributed by atoms with Crippen LogP contribution in [0.15, 0.2) is 12.1 Å². The molecule has 1 aromatic rings. The van der Waals surface area contributed by atoms with E-state index in [0.29, 0.717) is 24.3 Å². The topological polar surface area (TPSA) is 56.8 Å². The van der Waals surface area contributed by atoms with Gasteiger partial charge in [-0.1, -0.05) is 6.07 Å². The van der Waals surface area contributed by atoms with Crippen molar-refractivity contribution in [3.8, 4) is 5.75 Å². The van der Waals surface area contributed by atoms with Gasteiger partial charge in [0.1, 0.15) is 18.7 Å². The van der Waals surface area contributed by atoms with Gasteiger partial charge in [-0.3, -0.25) is 4.79 Å². The molecule has 122 valence electrons. The molecule has 1 unspecified atom stereocenters. The van der Waals surface area contributed by atoms with E-state index in [0.717, 1.165) is 11.1 Å². The Bertz CT molecular complexity index is 525. The molecule has 1 aliphatic rings. The van der Waals surface area contributed by atoms with E-state index in [1.807, 2.05) is 13.0 Å². The Labute approximate surface area is 129 Å². The van der Waals surface area contributed by atoms with Crippen LogP contribution in [0.3, 0.4) is 0 Å². The number of β-lactam (4-membered cyclic amide) rings is 1. The Morgan fingerprint density at radius 1 is 1.41 bits per heavy atom. The van der Waals surface area contributed by atoms with Gasteiger partial charge in [0.05, 0.1) is 26.2 Å². The van der Waals surface area contributed by atoms with Crippen LogP contribution in [0.1, 0.15) is 49.2 Å². The molecule has 1 fully saturated rings. The molecule has 6 heteroatoms. The molecule has 1 aromatic carbocycles. The normalized spacial score (nSPS) is 18.5. The average molecular weight is 311 g/mol. The molecule has 0 bridgehead atoms. The van der Waals surface area contributed by atoms with Crippen LogP contribution in [0.25, 0.3) is 0 Å². The van der Waals surface area contributed by atoms with Crippen molar-refractivity contribution in [3.05, 3.63) is 28.8 Å². The standard InChI is InChI=1S/C16H22FNO4/c1-4-21-9-22-8-12-11(13-7-15(19)18-13)5-6-14(20-3)16(12)10(2)17/h5-6,10,13H,4,7-9H2,1-3H3,(H,18,19)/t10-,13?/m1/s1. The fourth-order valence-electron chi connectivity index (χ4n) is 2.59. The predicted octanol–water partition coefficient (Wildman–Crippen LogP) is 2.80. The van der Waals surface area contributed by atoms with Crippen molar-refractivity contribution in [2.45, 2.75) is 39.1 Å². The SMILES string of the molecule is CCOCOCc1c(C2CC(=O)N2)ccc(OC)c1[C@@H](C)F. The van der Waals surface area contributed by atoms with Crippen molar-refractivity contribution in [2.75, 3.05) is 20.5 Å². The molecule has 0 saturated carbocycles. The molecule has 2 rings (SSSR count). The number of nitrogens with one attached hydrogen (secondary N) is 1. The van der Waals surface area contributed by atoms with Gasteiger partial charge in [-0.25, -0.2) is 4.39 Å². The van der Waals surface area contributed by atoms with Crippen molar-refractivity contribution in [3.63, 3.8) is 0 Å². The summed E-state index contributed by atoms with van der Waals surface area (Å²) in [6, 6.07) is 3.49. The minimum Gasteiger partial charge on any atom is -0.496 e. The van der Waals surface area contributed by atoms with E-state index in [2.05, 4.69) is 5.32 Å². The zero-order chi connectivity index (χ0) is 16.1. The summed E-state index contributed by atoms with van der Waals surface area (Å²) in [5.41, 5.74) is 2.06. The van der Waals surface area contributed by atoms with Gasteiger partial charge in [0.15, 0.2) is 0 Å². The number of benzene rings is 1. The maximum Gasteiger partial charge on any atom is 0.222 e. The first-order chi connectivity index (χ1) is 10.6.